The van der Waals surface area contributed by atoms with Crippen LogP contribution in [0.15, 0.2) is 48.7 Å². The molecule has 0 saturated carbocycles. The monoisotopic (exact) mass is 416 g/mol. The van der Waals surface area contributed by atoms with Crippen LogP contribution in [0, 0.1) is 0 Å². The molecule has 2 heterocycles. The van der Waals surface area contributed by atoms with Gasteiger partial charge in [-0.1, -0.05) is 17.7 Å². The Kier molecular flexibility index (Phi) is 5.99. The van der Waals surface area contributed by atoms with E-state index in [2.05, 4.69) is 15.4 Å². The molecule has 0 spiro atoms. The number of nitrogens with zero attached hydrogens (tertiary/aromatic N) is 3. The second-order valence-electron chi connectivity index (χ2n) is 6.03. The van der Waals surface area contributed by atoms with Gasteiger partial charge in [0, 0.05) is 23.4 Å². The van der Waals surface area contributed by atoms with Gasteiger partial charge in [0.2, 0.25) is 11.8 Å². The van der Waals surface area contributed by atoms with Crippen LogP contribution < -0.4 is 10.1 Å². The van der Waals surface area contributed by atoms with Crippen molar-refractivity contribution in [2.45, 2.75) is 12.5 Å². The summed E-state index contributed by atoms with van der Waals surface area (Å²) in [6, 6.07) is 10.0. The molecule has 1 atom stereocenters. The lowest BCUT2D eigenvalue weighted by Crippen LogP contribution is -2.30. The third-order valence-electron chi connectivity index (χ3n) is 4.05. The lowest BCUT2D eigenvalue weighted by atomic mass is 10.1. The Bertz CT molecular complexity index is 1020. The van der Waals surface area contributed by atoms with Crippen molar-refractivity contribution in [3.8, 4) is 17.4 Å². The van der Waals surface area contributed by atoms with Gasteiger partial charge in [0.15, 0.2) is 5.69 Å². The number of pyridine rings is 1. The first-order chi connectivity index (χ1) is 13.9. The summed E-state index contributed by atoms with van der Waals surface area (Å²) in [5.74, 6) is -1.63. The van der Waals surface area contributed by atoms with Crippen molar-refractivity contribution in [2.24, 2.45) is 0 Å². The van der Waals surface area contributed by atoms with E-state index in [0.29, 0.717) is 22.2 Å². The number of carboxylic acids is 1. The third kappa shape index (κ3) is 4.82. The number of methoxy groups -OCH3 is 1. The van der Waals surface area contributed by atoms with E-state index in [0.717, 1.165) is 0 Å². The number of rotatable bonds is 7. The molecule has 0 aliphatic carbocycles. The molecule has 3 rings (SSSR count). The molecule has 0 radical (unpaired) electrons. The van der Waals surface area contributed by atoms with Gasteiger partial charge in [0.25, 0.3) is 5.91 Å². The molecule has 9 nitrogen and oxygen atoms in total. The number of halogens is 1. The van der Waals surface area contributed by atoms with Crippen LogP contribution in [0.2, 0.25) is 5.02 Å². The number of aromatic nitrogens is 3. The first-order valence-corrected chi connectivity index (χ1v) is 8.82. The summed E-state index contributed by atoms with van der Waals surface area (Å²) in [6.07, 6.45) is 1.07. The van der Waals surface area contributed by atoms with Gasteiger partial charge in [-0.2, -0.15) is 5.10 Å². The van der Waals surface area contributed by atoms with Gasteiger partial charge in [-0.15, -0.1) is 0 Å². The molecule has 0 unspecified atom stereocenters. The molecule has 1 aromatic carbocycles. The summed E-state index contributed by atoms with van der Waals surface area (Å²) < 4.78 is 6.16. The van der Waals surface area contributed by atoms with Crippen LogP contribution in [-0.4, -0.2) is 44.0 Å². The smallest absolute Gasteiger partial charge is 0.305 e. The number of carbonyl (C=O) groups is 2. The predicted molar refractivity (Wildman–Crippen MR) is 103 cm³/mol. The van der Waals surface area contributed by atoms with Crippen molar-refractivity contribution in [2.75, 3.05) is 7.11 Å². The minimum atomic E-state index is -1.10. The highest BCUT2D eigenvalue weighted by atomic mass is 35.5. The number of aromatic hydroxyl groups is 1. The van der Waals surface area contributed by atoms with Crippen LogP contribution in [0.3, 0.4) is 0 Å². The SMILES string of the molecule is COc1ccc([C@H](CC(=O)O)NC(=O)c2cc(O)n(-c3ccc(Cl)cc3)n2)cn1. The fourth-order valence-electron chi connectivity index (χ4n) is 2.63. The van der Waals surface area contributed by atoms with E-state index in [9.17, 15) is 19.8 Å². The van der Waals surface area contributed by atoms with E-state index in [-0.39, 0.29) is 18.0 Å². The molecular formula is C19H17ClN4O5. The highest BCUT2D eigenvalue weighted by molar-refractivity contribution is 6.30. The molecule has 0 saturated heterocycles. The van der Waals surface area contributed by atoms with Gasteiger partial charge in [-0.05, 0) is 29.8 Å². The molecule has 29 heavy (non-hydrogen) atoms. The minimum absolute atomic E-state index is 0.0747. The number of hydrogen-bond donors (Lipinski definition) is 3. The number of amides is 1. The summed E-state index contributed by atoms with van der Waals surface area (Å²) in [6.45, 7) is 0. The van der Waals surface area contributed by atoms with Crippen LogP contribution in [-0.2, 0) is 4.79 Å². The molecule has 3 N–H and O–H groups in total. The molecule has 10 heteroatoms. The first-order valence-electron chi connectivity index (χ1n) is 8.45. The van der Waals surface area contributed by atoms with Crippen molar-refractivity contribution in [3.63, 3.8) is 0 Å². The Morgan fingerprint density at radius 1 is 1.24 bits per heavy atom. The fourth-order valence-corrected chi connectivity index (χ4v) is 2.76. The zero-order chi connectivity index (χ0) is 21.0. The number of benzene rings is 1. The Morgan fingerprint density at radius 2 is 1.97 bits per heavy atom. The second-order valence-corrected chi connectivity index (χ2v) is 6.47. The lowest BCUT2D eigenvalue weighted by molar-refractivity contribution is -0.137. The van der Waals surface area contributed by atoms with Crippen LogP contribution >= 0.6 is 11.6 Å². The quantitative estimate of drug-likeness (QED) is 0.540. The number of aliphatic carboxylic acids is 1. The largest absolute Gasteiger partial charge is 0.493 e. The molecule has 0 fully saturated rings. The molecule has 3 aromatic rings. The van der Waals surface area contributed by atoms with Gasteiger partial charge in [0.05, 0.1) is 25.3 Å². The van der Waals surface area contributed by atoms with Crippen molar-refractivity contribution in [1.29, 1.82) is 0 Å². The minimum Gasteiger partial charge on any atom is -0.493 e. The second kappa shape index (κ2) is 8.61. The fraction of sp³-hybridized carbons (Fsp3) is 0.158. The first kappa shape index (κ1) is 20.2. The zero-order valence-corrected chi connectivity index (χ0v) is 16.0. The maximum absolute atomic E-state index is 12.6. The van der Waals surface area contributed by atoms with Crippen LogP contribution in [0.25, 0.3) is 5.69 Å². The molecule has 150 valence electrons. The van der Waals surface area contributed by atoms with E-state index in [1.807, 2.05) is 0 Å². The Balaban J connectivity index is 1.83. The van der Waals surface area contributed by atoms with Crippen LogP contribution in [0.4, 0.5) is 0 Å². The zero-order valence-electron chi connectivity index (χ0n) is 15.2. The van der Waals surface area contributed by atoms with Crippen molar-refractivity contribution >= 4 is 23.5 Å². The highest BCUT2D eigenvalue weighted by Gasteiger charge is 2.22. The van der Waals surface area contributed by atoms with E-state index < -0.39 is 17.9 Å². The number of carbonyl (C=O) groups excluding carboxylic acids is 1. The standard InChI is InChI=1S/C19H17ClN4O5/c1-29-16-7-2-11(10-21-16)14(9-18(26)27)22-19(28)15-8-17(25)24(23-15)13-5-3-12(20)4-6-13/h2-8,10,14,25H,9H2,1H3,(H,22,28)(H,26,27)/t14-/m0/s1. The highest BCUT2D eigenvalue weighted by Crippen LogP contribution is 2.22. The summed E-state index contributed by atoms with van der Waals surface area (Å²) in [5, 5.41) is 26.5. The molecule has 1 amide bonds. The molecule has 0 aliphatic rings. The van der Waals surface area contributed by atoms with Gasteiger partial charge < -0.3 is 20.3 Å². The Labute approximate surface area is 170 Å². The molecular weight excluding hydrogens is 400 g/mol. The van der Waals surface area contributed by atoms with Crippen molar-refractivity contribution in [3.05, 3.63) is 64.9 Å². The number of hydrogen-bond acceptors (Lipinski definition) is 6. The summed E-state index contributed by atoms with van der Waals surface area (Å²) >= 11 is 5.85. The molecule has 0 bridgehead atoms. The van der Waals surface area contributed by atoms with Gasteiger partial charge in [-0.3, -0.25) is 9.59 Å². The lowest BCUT2D eigenvalue weighted by Gasteiger charge is -2.16. The summed E-state index contributed by atoms with van der Waals surface area (Å²) in [4.78, 5) is 27.9. The normalized spacial score (nSPS) is 11.7. The van der Waals surface area contributed by atoms with Crippen LogP contribution in [0.1, 0.15) is 28.5 Å². The van der Waals surface area contributed by atoms with E-state index >= 15 is 0 Å². The van der Waals surface area contributed by atoms with Crippen molar-refractivity contribution in [1.82, 2.24) is 20.1 Å². The van der Waals surface area contributed by atoms with Crippen molar-refractivity contribution < 1.29 is 24.5 Å². The summed E-state index contributed by atoms with van der Waals surface area (Å²) in [5.41, 5.74) is 0.921. The maximum atomic E-state index is 12.6. The average Bonchev–Trinajstić information content (AvgIpc) is 3.09. The van der Waals surface area contributed by atoms with Gasteiger partial charge >= 0.3 is 5.97 Å². The van der Waals surface area contributed by atoms with E-state index in [4.69, 9.17) is 16.3 Å². The number of carboxylic acid groups (broad SMARTS) is 1. The van der Waals surface area contributed by atoms with Gasteiger partial charge in [0.1, 0.15) is 0 Å². The average molecular weight is 417 g/mol. The topological polar surface area (TPSA) is 127 Å². The number of ether oxygens (including phenoxy) is 1. The van der Waals surface area contributed by atoms with E-state index in [1.54, 1.807) is 36.4 Å². The van der Waals surface area contributed by atoms with E-state index in [1.165, 1.54) is 24.1 Å². The Hall–Kier alpha value is -3.59. The molecule has 0 aliphatic heterocycles. The molecule has 2 aromatic heterocycles. The van der Waals surface area contributed by atoms with Gasteiger partial charge in [-0.25, -0.2) is 9.67 Å². The summed E-state index contributed by atoms with van der Waals surface area (Å²) in [7, 11) is 1.46. The maximum Gasteiger partial charge on any atom is 0.305 e. The third-order valence-corrected chi connectivity index (χ3v) is 4.30. The van der Waals surface area contributed by atoms with Crippen LogP contribution in [0.5, 0.6) is 11.8 Å². The Morgan fingerprint density at radius 3 is 2.55 bits per heavy atom. The number of nitrogens with one attached hydrogen (secondary N) is 1. The predicted octanol–water partition coefficient (Wildman–Crippen LogP) is 2.58.